The Morgan fingerprint density at radius 2 is 2.11 bits per heavy atom. The molecule has 1 rings (SSSR count). The highest BCUT2D eigenvalue weighted by atomic mass is 16.1. The van der Waals surface area contributed by atoms with Crippen LogP contribution in [0.3, 0.4) is 0 Å². The molecule has 1 heterocycles. The molecule has 0 radical (unpaired) electrons. The topological polar surface area (TPSA) is 72.9 Å². The summed E-state index contributed by atoms with van der Waals surface area (Å²) in [6.07, 6.45) is 4.26. The monoisotopic (exact) mass is 266 g/mol. The molecule has 1 atom stereocenters. The quantitative estimate of drug-likeness (QED) is 0.852. The summed E-state index contributed by atoms with van der Waals surface area (Å²) in [6, 6.07) is 0.0190. The molecule has 108 valence electrons. The number of nitrogens with two attached hydrogens (primary N) is 1. The van der Waals surface area contributed by atoms with Crippen molar-refractivity contribution in [3.8, 4) is 0 Å². The van der Waals surface area contributed by atoms with Crippen LogP contribution in [0.5, 0.6) is 0 Å². The molecule has 1 aromatic rings. The summed E-state index contributed by atoms with van der Waals surface area (Å²) in [6.45, 7) is 10.8. The summed E-state index contributed by atoms with van der Waals surface area (Å²) in [5.74, 6) is 0.401. The molecule has 1 amide bonds. The highest BCUT2D eigenvalue weighted by Crippen LogP contribution is 2.13. The Labute approximate surface area is 115 Å². The highest BCUT2D eigenvalue weighted by molar-refractivity contribution is 5.93. The Morgan fingerprint density at radius 1 is 1.47 bits per heavy atom. The van der Waals surface area contributed by atoms with Crippen molar-refractivity contribution in [1.29, 1.82) is 0 Å². The normalized spacial score (nSPS) is 13.6. The molecule has 0 aliphatic carbocycles. The minimum Gasteiger partial charge on any atom is -0.348 e. The molecule has 5 heteroatoms. The number of carbonyl (C=O) groups excluding carboxylic acids is 1. The molecular weight excluding hydrogens is 240 g/mol. The summed E-state index contributed by atoms with van der Waals surface area (Å²) in [5, 5.41) is 7.19. The van der Waals surface area contributed by atoms with E-state index in [1.807, 2.05) is 20.8 Å². The standard InChI is InChI=1S/C14H26N4O/c1-10(2)6-12(7-15)17-13(19)11-8-16-18(9-11)14(3,4)5/h8-10,12H,6-7,15H2,1-5H3,(H,17,19). The van der Waals surface area contributed by atoms with Crippen LogP contribution in [-0.4, -0.2) is 28.3 Å². The van der Waals surface area contributed by atoms with Crippen molar-refractivity contribution in [2.24, 2.45) is 11.7 Å². The first-order valence-corrected chi connectivity index (χ1v) is 6.80. The van der Waals surface area contributed by atoms with Crippen LogP contribution < -0.4 is 11.1 Å². The number of rotatable bonds is 5. The molecule has 0 saturated carbocycles. The maximum atomic E-state index is 12.1. The van der Waals surface area contributed by atoms with Crippen LogP contribution in [-0.2, 0) is 5.54 Å². The van der Waals surface area contributed by atoms with Crippen LogP contribution in [0.1, 0.15) is 51.4 Å². The molecule has 0 aliphatic rings. The average Bonchev–Trinajstić information content (AvgIpc) is 2.76. The molecule has 3 N–H and O–H groups in total. The van der Waals surface area contributed by atoms with Crippen LogP contribution in [0.15, 0.2) is 12.4 Å². The number of nitrogens with one attached hydrogen (secondary N) is 1. The van der Waals surface area contributed by atoms with Gasteiger partial charge in [0, 0.05) is 18.8 Å². The fourth-order valence-electron chi connectivity index (χ4n) is 1.86. The van der Waals surface area contributed by atoms with Crippen LogP contribution >= 0.6 is 0 Å². The summed E-state index contributed by atoms with van der Waals surface area (Å²) in [7, 11) is 0. The second-order valence-electron chi connectivity index (χ2n) is 6.38. The van der Waals surface area contributed by atoms with Gasteiger partial charge in [-0.3, -0.25) is 9.48 Å². The smallest absolute Gasteiger partial charge is 0.254 e. The van der Waals surface area contributed by atoms with Gasteiger partial charge in [0.05, 0.1) is 17.3 Å². The summed E-state index contributed by atoms with van der Waals surface area (Å²) in [4.78, 5) is 12.1. The zero-order valence-electron chi connectivity index (χ0n) is 12.6. The third kappa shape index (κ3) is 4.67. The molecule has 5 nitrogen and oxygen atoms in total. The van der Waals surface area contributed by atoms with Crippen LogP contribution in [0.4, 0.5) is 0 Å². The predicted molar refractivity (Wildman–Crippen MR) is 77.0 cm³/mol. The van der Waals surface area contributed by atoms with Crippen molar-refractivity contribution >= 4 is 5.91 Å². The Bertz CT molecular complexity index is 417. The lowest BCUT2D eigenvalue weighted by atomic mass is 10.0. The maximum absolute atomic E-state index is 12.1. The largest absolute Gasteiger partial charge is 0.348 e. The van der Waals surface area contributed by atoms with Gasteiger partial charge >= 0.3 is 0 Å². The van der Waals surface area contributed by atoms with E-state index < -0.39 is 0 Å². The van der Waals surface area contributed by atoms with Crippen molar-refractivity contribution in [1.82, 2.24) is 15.1 Å². The van der Waals surface area contributed by atoms with Crippen LogP contribution in [0.2, 0.25) is 0 Å². The van der Waals surface area contributed by atoms with E-state index in [-0.39, 0.29) is 17.5 Å². The zero-order valence-corrected chi connectivity index (χ0v) is 12.6. The summed E-state index contributed by atoms with van der Waals surface area (Å²) >= 11 is 0. The van der Waals surface area contributed by atoms with Gasteiger partial charge in [-0.05, 0) is 33.1 Å². The number of amides is 1. The Hall–Kier alpha value is -1.36. The molecule has 0 saturated heterocycles. The van der Waals surface area contributed by atoms with E-state index in [0.29, 0.717) is 18.0 Å². The summed E-state index contributed by atoms with van der Waals surface area (Å²) in [5.41, 5.74) is 6.15. The first-order chi connectivity index (χ1) is 8.74. The van der Waals surface area contributed by atoms with Gasteiger partial charge in [-0.15, -0.1) is 0 Å². The molecule has 0 aliphatic heterocycles. The first kappa shape index (κ1) is 15.7. The fourth-order valence-corrected chi connectivity index (χ4v) is 1.86. The zero-order chi connectivity index (χ0) is 14.6. The second-order valence-corrected chi connectivity index (χ2v) is 6.38. The number of aromatic nitrogens is 2. The molecule has 0 aromatic carbocycles. The summed E-state index contributed by atoms with van der Waals surface area (Å²) < 4.78 is 1.79. The first-order valence-electron chi connectivity index (χ1n) is 6.80. The number of nitrogens with zero attached hydrogens (tertiary/aromatic N) is 2. The molecule has 19 heavy (non-hydrogen) atoms. The molecule has 1 aromatic heterocycles. The highest BCUT2D eigenvalue weighted by Gasteiger charge is 2.18. The molecule has 0 bridgehead atoms. The van der Waals surface area contributed by atoms with Crippen LogP contribution in [0, 0.1) is 5.92 Å². The second kappa shape index (κ2) is 6.19. The third-order valence-corrected chi connectivity index (χ3v) is 2.91. The lowest BCUT2D eigenvalue weighted by Gasteiger charge is -2.19. The van der Waals surface area contributed by atoms with Gasteiger partial charge in [0.15, 0.2) is 0 Å². The van der Waals surface area contributed by atoms with Gasteiger partial charge in [0.2, 0.25) is 0 Å². The van der Waals surface area contributed by atoms with Gasteiger partial charge in [0.1, 0.15) is 0 Å². The van der Waals surface area contributed by atoms with Gasteiger partial charge in [0.25, 0.3) is 5.91 Å². The van der Waals surface area contributed by atoms with Crippen molar-refractivity contribution in [2.75, 3.05) is 6.54 Å². The maximum Gasteiger partial charge on any atom is 0.254 e. The lowest BCUT2D eigenvalue weighted by Crippen LogP contribution is -2.41. The third-order valence-electron chi connectivity index (χ3n) is 2.91. The van der Waals surface area contributed by atoms with Crippen molar-refractivity contribution in [2.45, 2.75) is 52.6 Å². The molecule has 0 spiro atoms. The van der Waals surface area contributed by atoms with Gasteiger partial charge < -0.3 is 11.1 Å². The van der Waals surface area contributed by atoms with E-state index in [1.54, 1.807) is 17.1 Å². The Morgan fingerprint density at radius 3 is 2.53 bits per heavy atom. The molecule has 0 fully saturated rings. The van der Waals surface area contributed by atoms with E-state index >= 15 is 0 Å². The molecule has 1 unspecified atom stereocenters. The predicted octanol–water partition coefficient (Wildman–Crippen LogP) is 1.74. The number of hydrogen-bond donors (Lipinski definition) is 2. The number of hydrogen-bond acceptors (Lipinski definition) is 3. The van der Waals surface area contributed by atoms with E-state index in [0.717, 1.165) is 6.42 Å². The molecular formula is C14H26N4O. The minimum atomic E-state index is -0.121. The van der Waals surface area contributed by atoms with Crippen LogP contribution in [0.25, 0.3) is 0 Å². The van der Waals surface area contributed by atoms with E-state index in [4.69, 9.17) is 5.73 Å². The van der Waals surface area contributed by atoms with E-state index in [1.165, 1.54) is 0 Å². The Kier molecular flexibility index (Phi) is 5.11. The van der Waals surface area contributed by atoms with Gasteiger partial charge in [-0.2, -0.15) is 5.10 Å². The van der Waals surface area contributed by atoms with E-state index in [9.17, 15) is 4.79 Å². The minimum absolute atomic E-state index is 0.0190. The Balaban J connectivity index is 2.70. The van der Waals surface area contributed by atoms with Crippen molar-refractivity contribution < 1.29 is 4.79 Å². The van der Waals surface area contributed by atoms with E-state index in [2.05, 4.69) is 24.3 Å². The average molecular weight is 266 g/mol. The van der Waals surface area contributed by atoms with Crippen molar-refractivity contribution in [3.05, 3.63) is 18.0 Å². The SMILES string of the molecule is CC(C)CC(CN)NC(=O)c1cnn(C(C)(C)C)c1. The lowest BCUT2D eigenvalue weighted by molar-refractivity contribution is 0.0933. The van der Waals surface area contributed by atoms with Gasteiger partial charge in [-0.1, -0.05) is 13.8 Å². The van der Waals surface area contributed by atoms with Crippen molar-refractivity contribution in [3.63, 3.8) is 0 Å². The van der Waals surface area contributed by atoms with Gasteiger partial charge in [-0.25, -0.2) is 0 Å². The fraction of sp³-hybridized carbons (Fsp3) is 0.714. The number of carbonyl (C=O) groups is 1.